The summed E-state index contributed by atoms with van der Waals surface area (Å²) in [7, 11) is 0. The number of nitrogens with zero attached hydrogens (tertiary/aromatic N) is 4. The number of rotatable bonds is 9. The highest BCUT2D eigenvalue weighted by Gasteiger charge is 2.25. The van der Waals surface area contributed by atoms with E-state index in [1.807, 2.05) is 23.6 Å². The number of carbonyl (C=O) groups is 3. The van der Waals surface area contributed by atoms with Crippen molar-refractivity contribution in [3.8, 4) is 10.7 Å². The minimum absolute atomic E-state index is 0.00450. The number of alkyl carbamates (subject to hydrolysis) is 1. The van der Waals surface area contributed by atoms with Gasteiger partial charge in [-0.3, -0.25) is 9.59 Å². The van der Waals surface area contributed by atoms with Crippen molar-refractivity contribution in [1.29, 1.82) is 0 Å². The molecule has 3 rings (SSSR count). The molecule has 2 aromatic heterocycles. The second-order valence-electron chi connectivity index (χ2n) is 5.94. The Balaban J connectivity index is 1.59. The highest BCUT2D eigenvalue weighted by Crippen LogP contribution is 2.19. The van der Waals surface area contributed by atoms with Gasteiger partial charge in [-0.2, -0.15) is 4.80 Å². The van der Waals surface area contributed by atoms with Gasteiger partial charge in [-0.15, -0.1) is 21.5 Å². The van der Waals surface area contributed by atoms with E-state index in [4.69, 9.17) is 9.84 Å². The summed E-state index contributed by atoms with van der Waals surface area (Å²) in [6.07, 6.45) is -1.48. The number of nitrogens with one attached hydrogen (secondary N) is 1. The Morgan fingerprint density at radius 1 is 1.17 bits per heavy atom. The second-order valence-corrected chi connectivity index (χ2v) is 6.89. The standard InChI is InChI=1S/C18H17N5O5S/c24-14(10-23-21-17(20-22-23)15-7-4-8-29-15)13(9-16(25)26)19-18(27)28-11-12-5-2-1-3-6-12/h1-8,13H,9-11H2,(H,19,27)(H,25,26). The lowest BCUT2D eigenvalue weighted by atomic mass is 10.1. The number of carboxylic acid groups (broad SMARTS) is 1. The van der Waals surface area contributed by atoms with Crippen LogP contribution < -0.4 is 5.32 Å². The van der Waals surface area contributed by atoms with Gasteiger partial charge in [-0.25, -0.2) is 4.79 Å². The average molecular weight is 415 g/mol. The number of carbonyl (C=O) groups excluding carboxylic acids is 2. The molecule has 1 aromatic carbocycles. The van der Waals surface area contributed by atoms with Gasteiger partial charge in [0, 0.05) is 0 Å². The molecule has 2 heterocycles. The van der Waals surface area contributed by atoms with Crippen molar-refractivity contribution < 1.29 is 24.2 Å². The normalized spacial score (nSPS) is 11.6. The van der Waals surface area contributed by atoms with E-state index in [1.54, 1.807) is 24.3 Å². The number of benzene rings is 1. The molecular weight excluding hydrogens is 398 g/mol. The second kappa shape index (κ2) is 9.55. The topological polar surface area (TPSA) is 136 Å². The summed E-state index contributed by atoms with van der Waals surface area (Å²) in [6.45, 7) is -0.343. The molecule has 11 heteroatoms. The highest BCUT2D eigenvalue weighted by molar-refractivity contribution is 7.13. The third-order valence-electron chi connectivity index (χ3n) is 3.76. The Labute approximate surface area is 169 Å². The maximum atomic E-state index is 12.5. The van der Waals surface area contributed by atoms with Crippen molar-refractivity contribution in [2.24, 2.45) is 0 Å². The van der Waals surface area contributed by atoms with Gasteiger partial charge in [-0.1, -0.05) is 36.4 Å². The molecule has 3 aromatic rings. The summed E-state index contributed by atoms with van der Waals surface area (Å²) < 4.78 is 5.05. The molecule has 1 amide bonds. The summed E-state index contributed by atoms with van der Waals surface area (Å²) in [5.74, 6) is -1.46. The number of hydrogen-bond donors (Lipinski definition) is 2. The maximum Gasteiger partial charge on any atom is 0.408 e. The van der Waals surface area contributed by atoms with Gasteiger partial charge in [0.1, 0.15) is 19.2 Å². The molecule has 0 bridgehead atoms. The van der Waals surface area contributed by atoms with Gasteiger partial charge >= 0.3 is 12.1 Å². The number of amides is 1. The van der Waals surface area contributed by atoms with Crippen molar-refractivity contribution in [1.82, 2.24) is 25.5 Å². The Hall–Kier alpha value is -3.60. The molecule has 0 spiro atoms. The van der Waals surface area contributed by atoms with Crippen LogP contribution in [0.4, 0.5) is 4.79 Å². The van der Waals surface area contributed by atoms with Gasteiger partial charge in [0.25, 0.3) is 0 Å². The molecule has 1 atom stereocenters. The summed E-state index contributed by atoms with van der Waals surface area (Å²) in [6, 6.07) is 11.3. The van der Waals surface area contributed by atoms with Crippen molar-refractivity contribution in [2.45, 2.75) is 25.6 Å². The van der Waals surface area contributed by atoms with Crippen LogP contribution in [0.25, 0.3) is 10.7 Å². The Morgan fingerprint density at radius 3 is 2.66 bits per heavy atom. The van der Waals surface area contributed by atoms with E-state index in [0.717, 1.165) is 15.2 Å². The van der Waals surface area contributed by atoms with E-state index in [1.165, 1.54) is 11.3 Å². The largest absolute Gasteiger partial charge is 0.481 e. The van der Waals surface area contributed by atoms with Crippen molar-refractivity contribution in [2.75, 3.05) is 0 Å². The molecule has 0 aliphatic carbocycles. The molecule has 29 heavy (non-hydrogen) atoms. The third-order valence-corrected chi connectivity index (χ3v) is 4.63. The molecule has 2 N–H and O–H groups in total. The first-order valence-electron chi connectivity index (χ1n) is 8.54. The van der Waals surface area contributed by atoms with Gasteiger partial charge < -0.3 is 15.2 Å². The molecule has 0 fully saturated rings. The number of Topliss-reactive ketones (excluding diaryl/α,β-unsaturated/α-hetero) is 1. The van der Waals surface area contributed by atoms with Gasteiger partial charge in [0.05, 0.1) is 11.3 Å². The highest BCUT2D eigenvalue weighted by atomic mass is 32.1. The van der Waals surface area contributed by atoms with Crippen molar-refractivity contribution in [3.05, 3.63) is 53.4 Å². The first-order valence-corrected chi connectivity index (χ1v) is 9.42. The smallest absolute Gasteiger partial charge is 0.408 e. The van der Waals surface area contributed by atoms with E-state index >= 15 is 0 Å². The molecule has 0 saturated heterocycles. The zero-order chi connectivity index (χ0) is 20.6. The molecular formula is C18H17N5O5S. The summed E-state index contributed by atoms with van der Waals surface area (Å²) >= 11 is 1.42. The molecule has 0 aliphatic rings. The number of aliphatic carboxylic acids is 1. The van der Waals surface area contributed by atoms with Crippen molar-refractivity contribution in [3.63, 3.8) is 0 Å². The Bertz CT molecular complexity index is 974. The zero-order valence-corrected chi connectivity index (χ0v) is 15.9. The quantitative estimate of drug-likeness (QED) is 0.539. The Morgan fingerprint density at radius 2 is 1.97 bits per heavy atom. The molecule has 150 valence electrons. The number of aromatic nitrogens is 4. The predicted molar refractivity (Wildman–Crippen MR) is 102 cm³/mol. The van der Waals surface area contributed by atoms with Crippen LogP contribution in [-0.4, -0.2) is 49.2 Å². The Kier molecular flexibility index (Phi) is 6.63. The summed E-state index contributed by atoms with van der Waals surface area (Å²) in [4.78, 5) is 37.4. The minimum atomic E-state index is -1.29. The number of tetrazole rings is 1. The molecule has 0 aliphatic heterocycles. The first kappa shape index (κ1) is 20.1. The number of thiophene rings is 1. The molecule has 0 saturated carbocycles. The summed E-state index contributed by atoms with van der Waals surface area (Å²) in [5.41, 5.74) is 0.761. The zero-order valence-electron chi connectivity index (χ0n) is 15.1. The van der Waals surface area contributed by atoms with E-state index in [9.17, 15) is 14.4 Å². The fourth-order valence-electron chi connectivity index (χ4n) is 2.39. The van der Waals surface area contributed by atoms with E-state index in [-0.39, 0.29) is 13.2 Å². The first-order chi connectivity index (χ1) is 14.0. The lowest BCUT2D eigenvalue weighted by molar-refractivity contribution is -0.139. The number of carboxylic acids is 1. The van der Waals surface area contributed by atoms with Crippen LogP contribution >= 0.6 is 11.3 Å². The number of hydrogen-bond acceptors (Lipinski definition) is 8. The number of ether oxygens (including phenoxy) is 1. The molecule has 10 nitrogen and oxygen atoms in total. The predicted octanol–water partition coefficient (Wildman–Crippen LogP) is 1.74. The van der Waals surface area contributed by atoms with Crippen LogP contribution in [0.5, 0.6) is 0 Å². The lowest BCUT2D eigenvalue weighted by Crippen LogP contribution is -2.44. The fraction of sp³-hybridized carbons (Fsp3) is 0.222. The monoisotopic (exact) mass is 415 g/mol. The van der Waals surface area contributed by atoms with Gasteiger partial charge in [0.15, 0.2) is 5.78 Å². The van der Waals surface area contributed by atoms with E-state index < -0.39 is 30.3 Å². The fourth-order valence-corrected chi connectivity index (χ4v) is 3.04. The van der Waals surface area contributed by atoms with E-state index in [0.29, 0.717) is 5.82 Å². The number of ketones is 1. The van der Waals surface area contributed by atoms with Gasteiger partial charge in [0.2, 0.25) is 5.82 Å². The van der Waals surface area contributed by atoms with Crippen LogP contribution in [0.2, 0.25) is 0 Å². The van der Waals surface area contributed by atoms with Crippen LogP contribution in [-0.2, 0) is 27.5 Å². The average Bonchev–Trinajstić information content (AvgIpc) is 3.38. The SMILES string of the molecule is O=C(O)CC(NC(=O)OCc1ccccc1)C(=O)Cn1nnc(-c2cccs2)n1. The minimum Gasteiger partial charge on any atom is -0.481 e. The van der Waals surface area contributed by atoms with Crippen LogP contribution in [0.15, 0.2) is 47.8 Å². The van der Waals surface area contributed by atoms with Crippen LogP contribution in [0.3, 0.4) is 0 Å². The van der Waals surface area contributed by atoms with Crippen molar-refractivity contribution >= 4 is 29.2 Å². The maximum absolute atomic E-state index is 12.5. The van der Waals surface area contributed by atoms with Crippen LogP contribution in [0, 0.1) is 0 Å². The molecule has 1 unspecified atom stereocenters. The van der Waals surface area contributed by atoms with Gasteiger partial charge in [-0.05, 0) is 22.2 Å². The third kappa shape index (κ3) is 5.94. The summed E-state index contributed by atoms with van der Waals surface area (Å²) in [5, 5.41) is 25.0. The van der Waals surface area contributed by atoms with E-state index in [2.05, 4.69) is 20.7 Å². The lowest BCUT2D eigenvalue weighted by Gasteiger charge is -2.15. The molecule has 0 radical (unpaired) electrons. The van der Waals surface area contributed by atoms with Crippen LogP contribution in [0.1, 0.15) is 12.0 Å².